The summed E-state index contributed by atoms with van der Waals surface area (Å²) in [5, 5.41) is 6.68. The van der Waals surface area contributed by atoms with Gasteiger partial charge < -0.3 is 25.0 Å². The molecule has 3 rings (SSSR count). The molecule has 1 aromatic rings. The molecule has 2 N–H and O–H groups in total. The van der Waals surface area contributed by atoms with Gasteiger partial charge >= 0.3 is 0 Å². The van der Waals surface area contributed by atoms with Crippen molar-refractivity contribution in [3.8, 4) is 0 Å². The van der Waals surface area contributed by atoms with Gasteiger partial charge in [0, 0.05) is 39.4 Å². The first-order valence-electron chi connectivity index (χ1n) is 11.1. The van der Waals surface area contributed by atoms with Gasteiger partial charge in [0.1, 0.15) is 5.82 Å². The Kier molecular flexibility index (Phi) is 11.8. The Hall–Kier alpha value is -1.13. The quantitative estimate of drug-likeness (QED) is 0.185. The molecule has 7 nitrogen and oxygen atoms in total. The maximum Gasteiger partial charge on any atom is 0.191 e. The minimum Gasteiger partial charge on any atom is -0.376 e. The number of hydrogen-bond acceptors (Lipinski definition) is 5. The SMILES string of the molecule is CN=C(NCCOC1CCCCCC1)NCc1ccc(N2CCOC(C)C2)nc1.I. The molecule has 2 heterocycles. The van der Waals surface area contributed by atoms with Crippen molar-refractivity contribution in [2.24, 2.45) is 4.99 Å². The van der Waals surface area contributed by atoms with Crippen LogP contribution in [0.15, 0.2) is 23.3 Å². The maximum atomic E-state index is 6.03. The van der Waals surface area contributed by atoms with Crippen LogP contribution in [-0.2, 0) is 16.0 Å². The van der Waals surface area contributed by atoms with Gasteiger partial charge in [-0.25, -0.2) is 4.98 Å². The molecule has 1 aliphatic heterocycles. The van der Waals surface area contributed by atoms with Crippen LogP contribution in [0.4, 0.5) is 5.82 Å². The van der Waals surface area contributed by atoms with E-state index in [-0.39, 0.29) is 30.1 Å². The van der Waals surface area contributed by atoms with Crippen molar-refractivity contribution in [1.29, 1.82) is 0 Å². The molecule has 1 saturated heterocycles. The summed E-state index contributed by atoms with van der Waals surface area (Å²) >= 11 is 0. The Morgan fingerprint density at radius 3 is 2.70 bits per heavy atom. The van der Waals surface area contributed by atoms with E-state index < -0.39 is 0 Å². The number of hydrogen-bond donors (Lipinski definition) is 2. The lowest BCUT2D eigenvalue weighted by atomic mass is 10.1. The molecule has 0 bridgehead atoms. The fraction of sp³-hybridized carbons (Fsp3) is 0.727. The number of anilines is 1. The van der Waals surface area contributed by atoms with Crippen LogP contribution < -0.4 is 15.5 Å². The predicted octanol–water partition coefficient (Wildman–Crippen LogP) is 3.33. The molecule has 0 radical (unpaired) electrons. The van der Waals surface area contributed by atoms with Gasteiger partial charge in [-0.05, 0) is 31.4 Å². The Bertz CT molecular complexity index is 620. The summed E-state index contributed by atoms with van der Waals surface area (Å²) in [6.07, 6.45) is 10.4. The molecule has 30 heavy (non-hydrogen) atoms. The van der Waals surface area contributed by atoms with E-state index in [9.17, 15) is 0 Å². The van der Waals surface area contributed by atoms with Crippen LogP contribution in [0, 0.1) is 0 Å². The largest absolute Gasteiger partial charge is 0.376 e. The van der Waals surface area contributed by atoms with Gasteiger partial charge in [0.2, 0.25) is 0 Å². The molecule has 1 saturated carbocycles. The molecule has 2 fully saturated rings. The maximum absolute atomic E-state index is 6.03. The summed E-state index contributed by atoms with van der Waals surface area (Å²) in [6, 6.07) is 4.21. The van der Waals surface area contributed by atoms with Crippen molar-refractivity contribution in [3.05, 3.63) is 23.9 Å². The monoisotopic (exact) mass is 531 g/mol. The van der Waals surface area contributed by atoms with Crippen molar-refractivity contribution in [2.75, 3.05) is 44.8 Å². The molecular formula is C22H38IN5O2. The fourth-order valence-electron chi connectivity index (χ4n) is 3.94. The molecule has 1 unspecified atom stereocenters. The first-order chi connectivity index (χ1) is 14.2. The van der Waals surface area contributed by atoms with Gasteiger partial charge in [-0.15, -0.1) is 24.0 Å². The van der Waals surface area contributed by atoms with Crippen LogP contribution in [0.5, 0.6) is 0 Å². The van der Waals surface area contributed by atoms with E-state index >= 15 is 0 Å². The van der Waals surface area contributed by atoms with Gasteiger partial charge in [0.15, 0.2) is 5.96 Å². The third-order valence-electron chi connectivity index (χ3n) is 5.61. The Labute approximate surface area is 198 Å². The second kappa shape index (κ2) is 14.0. The van der Waals surface area contributed by atoms with Crippen molar-refractivity contribution in [2.45, 2.75) is 64.2 Å². The average molecular weight is 531 g/mol. The Balaban J connectivity index is 0.00000320. The summed E-state index contributed by atoms with van der Waals surface area (Å²) in [7, 11) is 1.79. The van der Waals surface area contributed by atoms with Crippen LogP contribution in [0.2, 0.25) is 0 Å². The summed E-state index contributed by atoms with van der Waals surface area (Å²) in [5.41, 5.74) is 1.13. The minimum absolute atomic E-state index is 0. The normalized spacial score (nSPS) is 20.9. The first-order valence-corrected chi connectivity index (χ1v) is 11.1. The Morgan fingerprint density at radius 1 is 1.23 bits per heavy atom. The van der Waals surface area contributed by atoms with Crippen molar-refractivity contribution < 1.29 is 9.47 Å². The lowest BCUT2D eigenvalue weighted by Gasteiger charge is -2.32. The smallest absolute Gasteiger partial charge is 0.191 e. The summed E-state index contributed by atoms with van der Waals surface area (Å²) < 4.78 is 11.6. The van der Waals surface area contributed by atoms with E-state index in [1.54, 1.807) is 7.05 Å². The van der Waals surface area contributed by atoms with Crippen LogP contribution in [0.3, 0.4) is 0 Å². The molecule has 1 aliphatic carbocycles. The zero-order chi connectivity index (χ0) is 20.3. The van der Waals surface area contributed by atoms with E-state index in [1.807, 2.05) is 6.20 Å². The summed E-state index contributed by atoms with van der Waals surface area (Å²) in [6.45, 7) is 6.83. The zero-order valence-electron chi connectivity index (χ0n) is 18.4. The van der Waals surface area contributed by atoms with Gasteiger partial charge in [0.05, 0.1) is 25.4 Å². The van der Waals surface area contributed by atoms with Crippen molar-refractivity contribution in [3.63, 3.8) is 0 Å². The van der Waals surface area contributed by atoms with Crippen LogP contribution in [0.25, 0.3) is 0 Å². The highest BCUT2D eigenvalue weighted by atomic mass is 127. The van der Waals surface area contributed by atoms with Gasteiger partial charge in [0.25, 0.3) is 0 Å². The van der Waals surface area contributed by atoms with Crippen molar-refractivity contribution >= 4 is 35.8 Å². The first kappa shape index (κ1) is 25.1. The summed E-state index contributed by atoms with van der Waals surface area (Å²) in [4.78, 5) is 11.2. The molecule has 0 amide bonds. The highest BCUT2D eigenvalue weighted by Crippen LogP contribution is 2.19. The number of nitrogens with one attached hydrogen (secondary N) is 2. The molecule has 1 atom stereocenters. The Morgan fingerprint density at radius 2 is 2.03 bits per heavy atom. The molecule has 8 heteroatoms. The second-order valence-corrected chi connectivity index (χ2v) is 7.99. The standard InChI is InChI=1S/C22H37N5O2.HI/c1-18-17-27(12-14-28-18)21-10-9-19(15-25-21)16-26-22(23-2)24-11-13-29-20-7-5-3-4-6-8-20;/h9-10,15,18,20H,3-8,11-14,16-17H2,1-2H3,(H2,23,24,26);1H. The second-order valence-electron chi connectivity index (χ2n) is 7.99. The summed E-state index contributed by atoms with van der Waals surface area (Å²) in [5.74, 6) is 1.81. The van der Waals surface area contributed by atoms with E-state index in [2.05, 4.69) is 44.6 Å². The van der Waals surface area contributed by atoms with Gasteiger partial charge in [-0.2, -0.15) is 0 Å². The number of pyridine rings is 1. The fourth-order valence-corrected chi connectivity index (χ4v) is 3.94. The number of nitrogens with zero attached hydrogens (tertiary/aromatic N) is 3. The van der Waals surface area contributed by atoms with Crippen molar-refractivity contribution in [1.82, 2.24) is 15.6 Å². The van der Waals surface area contributed by atoms with Crippen LogP contribution in [0.1, 0.15) is 51.0 Å². The van der Waals surface area contributed by atoms with E-state index in [1.165, 1.54) is 38.5 Å². The number of guanidine groups is 1. The average Bonchev–Trinajstić information content (AvgIpc) is 3.02. The molecule has 0 aromatic carbocycles. The topological polar surface area (TPSA) is 71.0 Å². The number of ether oxygens (including phenoxy) is 2. The number of rotatable bonds is 7. The lowest BCUT2D eigenvalue weighted by molar-refractivity contribution is 0.0468. The van der Waals surface area contributed by atoms with Gasteiger partial charge in [-0.1, -0.05) is 31.7 Å². The third kappa shape index (κ3) is 8.55. The van der Waals surface area contributed by atoms with Crippen LogP contribution in [-0.4, -0.2) is 63.0 Å². The van der Waals surface area contributed by atoms with E-state index in [0.29, 0.717) is 12.6 Å². The molecule has 0 spiro atoms. The zero-order valence-corrected chi connectivity index (χ0v) is 20.8. The third-order valence-corrected chi connectivity index (χ3v) is 5.61. The number of morpholine rings is 1. The molecule has 1 aromatic heterocycles. The number of aromatic nitrogens is 1. The predicted molar refractivity (Wildman–Crippen MR) is 133 cm³/mol. The highest BCUT2D eigenvalue weighted by Gasteiger charge is 2.17. The minimum atomic E-state index is 0. The van der Waals surface area contributed by atoms with E-state index in [4.69, 9.17) is 9.47 Å². The van der Waals surface area contributed by atoms with Crippen LogP contribution >= 0.6 is 24.0 Å². The molecular weight excluding hydrogens is 493 g/mol. The number of halogens is 1. The van der Waals surface area contributed by atoms with E-state index in [0.717, 1.165) is 50.2 Å². The lowest BCUT2D eigenvalue weighted by Crippen LogP contribution is -2.41. The van der Waals surface area contributed by atoms with Gasteiger partial charge in [-0.3, -0.25) is 4.99 Å². The number of aliphatic imine (C=N–C) groups is 1. The highest BCUT2D eigenvalue weighted by molar-refractivity contribution is 14.0. The molecule has 170 valence electrons. The molecule has 2 aliphatic rings.